The van der Waals surface area contributed by atoms with E-state index in [4.69, 9.17) is 9.47 Å². The van der Waals surface area contributed by atoms with Crippen LogP contribution >= 0.6 is 0 Å². The van der Waals surface area contributed by atoms with E-state index in [0.29, 0.717) is 18.0 Å². The van der Waals surface area contributed by atoms with Gasteiger partial charge in [-0.2, -0.15) is 0 Å². The number of nitrogens with zero attached hydrogens (tertiary/aromatic N) is 1. The normalized spacial score (nSPS) is 23.9. The molecule has 0 bridgehead atoms. The van der Waals surface area contributed by atoms with E-state index in [1.165, 1.54) is 4.90 Å². The lowest BCUT2D eigenvalue weighted by Crippen LogP contribution is -2.35. The van der Waals surface area contributed by atoms with Crippen molar-refractivity contribution in [3.8, 4) is 11.5 Å². The molecule has 26 heavy (non-hydrogen) atoms. The molecule has 2 fully saturated rings. The maximum atomic E-state index is 12.4. The van der Waals surface area contributed by atoms with Crippen molar-refractivity contribution in [2.24, 2.45) is 11.8 Å². The van der Waals surface area contributed by atoms with E-state index in [9.17, 15) is 14.4 Å². The molecule has 2 aliphatic heterocycles. The summed E-state index contributed by atoms with van der Waals surface area (Å²) in [6.07, 6.45) is 3.72. The number of carbonyl (C=O) groups excluding carboxylic acids is 3. The second kappa shape index (κ2) is 6.97. The number of hydrogen-bond donors (Lipinski definition) is 1. The minimum atomic E-state index is -0.182. The fraction of sp³-hybridized carbons (Fsp3) is 0.526. The molecule has 138 valence electrons. The van der Waals surface area contributed by atoms with E-state index in [2.05, 4.69) is 5.32 Å². The number of hydrogen-bond acceptors (Lipinski definition) is 5. The highest BCUT2D eigenvalue weighted by atomic mass is 16.7. The summed E-state index contributed by atoms with van der Waals surface area (Å²) in [7, 11) is 0. The maximum Gasteiger partial charge on any atom is 0.233 e. The van der Waals surface area contributed by atoms with Crippen molar-refractivity contribution in [1.82, 2.24) is 10.2 Å². The molecule has 7 heteroatoms. The van der Waals surface area contributed by atoms with Gasteiger partial charge in [-0.15, -0.1) is 0 Å². The quantitative estimate of drug-likeness (QED) is 0.808. The van der Waals surface area contributed by atoms with Gasteiger partial charge in [-0.1, -0.05) is 18.9 Å². The van der Waals surface area contributed by atoms with Gasteiger partial charge in [0.15, 0.2) is 11.5 Å². The van der Waals surface area contributed by atoms with Crippen molar-refractivity contribution in [3.05, 3.63) is 23.8 Å². The van der Waals surface area contributed by atoms with Gasteiger partial charge >= 0.3 is 0 Å². The van der Waals surface area contributed by atoms with E-state index in [1.807, 2.05) is 18.2 Å². The Bertz CT molecular complexity index is 723. The van der Waals surface area contributed by atoms with Crippen LogP contribution in [0.1, 0.15) is 37.7 Å². The van der Waals surface area contributed by atoms with E-state index < -0.39 is 0 Å². The minimum absolute atomic E-state index is 0.0942. The Hall–Kier alpha value is -2.57. The number of fused-ring (bicyclic) bond motifs is 2. The van der Waals surface area contributed by atoms with Gasteiger partial charge in [-0.3, -0.25) is 19.3 Å². The Kier molecular flexibility index (Phi) is 4.53. The summed E-state index contributed by atoms with van der Waals surface area (Å²) in [4.78, 5) is 38.2. The first-order valence-corrected chi connectivity index (χ1v) is 9.14. The van der Waals surface area contributed by atoms with Crippen molar-refractivity contribution in [1.29, 1.82) is 0 Å². The second-order valence-corrected chi connectivity index (χ2v) is 7.04. The van der Waals surface area contributed by atoms with Gasteiger partial charge in [0.2, 0.25) is 24.5 Å². The van der Waals surface area contributed by atoms with Crippen LogP contribution in [-0.2, 0) is 20.9 Å². The molecule has 3 amide bonds. The van der Waals surface area contributed by atoms with Gasteiger partial charge in [-0.25, -0.2) is 0 Å². The van der Waals surface area contributed by atoms with Crippen LogP contribution < -0.4 is 14.8 Å². The summed E-state index contributed by atoms with van der Waals surface area (Å²) in [5, 5.41) is 2.82. The van der Waals surface area contributed by atoms with Crippen LogP contribution in [0.4, 0.5) is 0 Å². The fourth-order valence-electron chi connectivity index (χ4n) is 4.00. The summed E-state index contributed by atoms with van der Waals surface area (Å²) < 4.78 is 10.6. The van der Waals surface area contributed by atoms with Gasteiger partial charge < -0.3 is 14.8 Å². The van der Waals surface area contributed by atoms with Gasteiger partial charge in [0, 0.05) is 19.5 Å². The van der Waals surface area contributed by atoms with Crippen molar-refractivity contribution in [3.63, 3.8) is 0 Å². The number of ether oxygens (including phenoxy) is 2. The standard InChI is InChI=1S/C19H22N2O5/c22-17(20-10-12-5-6-15-16(9-12)26-11-25-15)7-8-21-18(23)13-3-1-2-4-14(13)19(21)24/h5-6,9,13-14H,1-4,7-8,10-11H2,(H,20,22)/t13-,14+. The third kappa shape index (κ3) is 3.13. The van der Waals surface area contributed by atoms with E-state index >= 15 is 0 Å². The van der Waals surface area contributed by atoms with Gasteiger partial charge in [0.1, 0.15) is 0 Å². The largest absolute Gasteiger partial charge is 0.454 e. The SMILES string of the molecule is O=C(CCN1C(=O)[C@H]2CCCC[C@H]2C1=O)NCc1ccc2c(c1)OCO2. The van der Waals surface area contributed by atoms with Crippen LogP contribution in [0.2, 0.25) is 0 Å². The van der Waals surface area contributed by atoms with Crippen LogP contribution in [0.3, 0.4) is 0 Å². The van der Waals surface area contributed by atoms with Crippen LogP contribution in [0, 0.1) is 11.8 Å². The Labute approximate surface area is 151 Å². The molecule has 4 rings (SSSR count). The lowest BCUT2D eigenvalue weighted by Gasteiger charge is -2.19. The molecular formula is C19H22N2O5. The predicted molar refractivity (Wildman–Crippen MR) is 91.2 cm³/mol. The van der Waals surface area contributed by atoms with Crippen LogP contribution in [0.25, 0.3) is 0 Å². The topological polar surface area (TPSA) is 84.9 Å². The molecule has 1 saturated carbocycles. The predicted octanol–water partition coefficient (Wildman–Crippen LogP) is 1.60. The molecule has 0 radical (unpaired) electrons. The van der Waals surface area contributed by atoms with Gasteiger partial charge in [-0.05, 0) is 30.5 Å². The molecule has 7 nitrogen and oxygen atoms in total. The molecule has 1 saturated heterocycles. The number of rotatable bonds is 5. The Morgan fingerprint density at radius 1 is 1.08 bits per heavy atom. The average molecular weight is 358 g/mol. The van der Waals surface area contributed by atoms with Gasteiger partial charge in [0.25, 0.3) is 0 Å². The molecule has 0 aromatic heterocycles. The van der Waals surface area contributed by atoms with Crippen LogP contribution in [0.5, 0.6) is 11.5 Å². The molecule has 0 spiro atoms. The zero-order valence-corrected chi connectivity index (χ0v) is 14.5. The highest BCUT2D eigenvalue weighted by Crippen LogP contribution is 2.38. The summed E-state index contributed by atoms with van der Waals surface area (Å²) in [6.45, 7) is 0.741. The number of amides is 3. The summed E-state index contributed by atoms with van der Waals surface area (Å²) in [6, 6.07) is 5.51. The summed E-state index contributed by atoms with van der Waals surface area (Å²) >= 11 is 0. The third-order valence-corrected chi connectivity index (χ3v) is 5.42. The molecule has 1 N–H and O–H groups in total. The highest BCUT2D eigenvalue weighted by molar-refractivity contribution is 6.05. The first-order chi connectivity index (χ1) is 12.6. The number of nitrogens with one attached hydrogen (secondary N) is 1. The molecular weight excluding hydrogens is 336 g/mol. The van der Waals surface area contributed by atoms with E-state index in [1.54, 1.807) is 0 Å². The molecule has 3 aliphatic rings. The maximum absolute atomic E-state index is 12.4. The number of carbonyl (C=O) groups is 3. The Morgan fingerprint density at radius 3 is 2.50 bits per heavy atom. The number of benzene rings is 1. The smallest absolute Gasteiger partial charge is 0.233 e. The number of likely N-dealkylation sites (tertiary alicyclic amines) is 1. The third-order valence-electron chi connectivity index (χ3n) is 5.42. The van der Waals surface area contributed by atoms with Crippen molar-refractivity contribution in [2.75, 3.05) is 13.3 Å². The van der Waals surface area contributed by atoms with Crippen LogP contribution in [0.15, 0.2) is 18.2 Å². The lowest BCUT2D eigenvalue weighted by molar-refractivity contribution is -0.140. The van der Waals surface area contributed by atoms with E-state index in [0.717, 1.165) is 31.2 Å². The Balaban J connectivity index is 1.27. The molecule has 1 aromatic carbocycles. The first-order valence-electron chi connectivity index (χ1n) is 9.14. The van der Waals surface area contributed by atoms with Crippen molar-refractivity contribution >= 4 is 17.7 Å². The van der Waals surface area contributed by atoms with Crippen molar-refractivity contribution in [2.45, 2.75) is 38.6 Å². The molecule has 2 heterocycles. The molecule has 2 atom stereocenters. The molecule has 1 aromatic rings. The van der Waals surface area contributed by atoms with Gasteiger partial charge in [0.05, 0.1) is 11.8 Å². The minimum Gasteiger partial charge on any atom is -0.454 e. The summed E-state index contributed by atoms with van der Waals surface area (Å²) in [5.74, 6) is 0.686. The molecule has 0 unspecified atom stereocenters. The van der Waals surface area contributed by atoms with Crippen molar-refractivity contribution < 1.29 is 23.9 Å². The number of imide groups is 1. The first kappa shape index (κ1) is 16.9. The highest BCUT2D eigenvalue weighted by Gasteiger charge is 2.47. The lowest BCUT2D eigenvalue weighted by atomic mass is 9.81. The monoisotopic (exact) mass is 358 g/mol. The summed E-state index contributed by atoms with van der Waals surface area (Å²) in [5.41, 5.74) is 0.905. The second-order valence-electron chi connectivity index (χ2n) is 7.04. The Morgan fingerprint density at radius 2 is 1.77 bits per heavy atom. The fourth-order valence-corrected chi connectivity index (χ4v) is 4.00. The zero-order chi connectivity index (χ0) is 18.1. The average Bonchev–Trinajstić information content (AvgIpc) is 3.22. The molecule has 1 aliphatic carbocycles. The zero-order valence-electron chi connectivity index (χ0n) is 14.5. The van der Waals surface area contributed by atoms with E-state index in [-0.39, 0.29) is 49.3 Å². The van der Waals surface area contributed by atoms with Crippen LogP contribution in [-0.4, -0.2) is 36.0 Å².